The molecule has 2 rings (SSSR count). The van der Waals surface area contributed by atoms with Crippen molar-refractivity contribution in [2.24, 2.45) is 11.7 Å². The highest BCUT2D eigenvalue weighted by Crippen LogP contribution is 2.28. The van der Waals surface area contributed by atoms with Gasteiger partial charge in [0.25, 0.3) is 0 Å². The molecule has 1 heterocycles. The normalized spacial score (nSPS) is 24.0. The molecule has 1 aliphatic heterocycles. The second-order valence-electron chi connectivity index (χ2n) is 5.69. The van der Waals surface area contributed by atoms with Crippen LogP contribution in [0.25, 0.3) is 0 Å². The van der Waals surface area contributed by atoms with Crippen molar-refractivity contribution < 1.29 is 13.2 Å². The highest BCUT2D eigenvalue weighted by Gasteiger charge is 2.34. The van der Waals surface area contributed by atoms with E-state index in [1.165, 1.54) is 17.3 Å². The molecule has 6 heteroatoms. The molecule has 1 aliphatic rings. The van der Waals surface area contributed by atoms with Gasteiger partial charge in [0.2, 0.25) is 10.0 Å². The van der Waals surface area contributed by atoms with Gasteiger partial charge >= 0.3 is 0 Å². The summed E-state index contributed by atoms with van der Waals surface area (Å²) in [6, 6.07) is 6.19. The largest absolute Gasteiger partial charge is 0.330 e. The Kier molecular flexibility index (Phi) is 4.81. The fraction of sp³-hybridized carbons (Fsp3) is 0.533. The Hall–Kier alpha value is -1.24. The van der Waals surface area contributed by atoms with E-state index in [1.54, 1.807) is 18.2 Å². The number of hydrogen-bond donors (Lipinski definition) is 1. The zero-order valence-corrected chi connectivity index (χ0v) is 13.3. The van der Waals surface area contributed by atoms with Crippen LogP contribution in [0.1, 0.15) is 37.0 Å². The standard InChI is InChI=1S/C15H22N2O3S/c1-11-6-7-13(9-16)10-17(11)21(19,20)15-5-3-4-14(8-15)12(2)18/h3-5,8,11,13H,6-7,9-10,16H2,1-2H3. The number of benzene rings is 1. The summed E-state index contributed by atoms with van der Waals surface area (Å²) in [5.41, 5.74) is 6.10. The molecule has 0 bridgehead atoms. The molecule has 0 saturated carbocycles. The summed E-state index contributed by atoms with van der Waals surface area (Å²) >= 11 is 0. The van der Waals surface area contributed by atoms with E-state index in [4.69, 9.17) is 5.73 Å². The van der Waals surface area contributed by atoms with E-state index >= 15 is 0 Å². The molecular weight excluding hydrogens is 288 g/mol. The highest BCUT2D eigenvalue weighted by atomic mass is 32.2. The average molecular weight is 310 g/mol. The number of sulfonamides is 1. The molecule has 1 aromatic rings. The number of piperidine rings is 1. The van der Waals surface area contributed by atoms with Crippen LogP contribution in [0.15, 0.2) is 29.2 Å². The van der Waals surface area contributed by atoms with Gasteiger partial charge in [-0.1, -0.05) is 12.1 Å². The Morgan fingerprint density at radius 1 is 1.38 bits per heavy atom. The van der Waals surface area contributed by atoms with Crippen LogP contribution in [-0.4, -0.2) is 37.6 Å². The van der Waals surface area contributed by atoms with Gasteiger partial charge in [-0.3, -0.25) is 4.79 Å². The molecular formula is C15H22N2O3S. The summed E-state index contributed by atoms with van der Waals surface area (Å²) in [5, 5.41) is 0. The third-order valence-corrected chi connectivity index (χ3v) is 6.08. The van der Waals surface area contributed by atoms with E-state index in [2.05, 4.69) is 0 Å². The van der Waals surface area contributed by atoms with E-state index in [9.17, 15) is 13.2 Å². The molecule has 2 unspecified atom stereocenters. The number of carbonyl (C=O) groups excluding carboxylic acids is 1. The minimum absolute atomic E-state index is 0.0428. The summed E-state index contributed by atoms with van der Waals surface area (Å²) in [6.45, 7) is 4.29. The molecule has 1 fully saturated rings. The zero-order chi connectivity index (χ0) is 15.6. The molecule has 0 spiro atoms. The van der Waals surface area contributed by atoms with E-state index in [-0.39, 0.29) is 22.6 Å². The maximum atomic E-state index is 12.8. The third kappa shape index (κ3) is 3.33. The molecule has 21 heavy (non-hydrogen) atoms. The van der Waals surface area contributed by atoms with Gasteiger partial charge in [-0.2, -0.15) is 4.31 Å². The highest BCUT2D eigenvalue weighted by molar-refractivity contribution is 7.89. The number of hydrogen-bond acceptors (Lipinski definition) is 4. The van der Waals surface area contributed by atoms with Crippen molar-refractivity contribution in [3.05, 3.63) is 29.8 Å². The lowest BCUT2D eigenvalue weighted by Crippen LogP contribution is -2.47. The summed E-state index contributed by atoms with van der Waals surface area (Å²) in [6.07, 6.45) is 1.77. The predicted molar refractivity (Wildman–Crippen MR) is 81.6 cm³/mol. The molecule has 1 saturated heterocycles. The second-order valence-corrected chi connectivity index (χ2v) is 7.58. The molecule has 0 aromatic heterocycles. The number of carbonyl (C=O) groups is 1. The lowest BCUT2D eigenvalue weighted by molar-refractivity contribution is 0.101. The Morgan fingerprint density at radius 2 is 2.10 bits per heavy atom. The van der Waals surface area contributed by atoms with E-state index < -0.39 is 10.0 Å². The number of nitrogens with two attached hydrogens (primary N) is 1. The first-order chi connectivity index (χ1) is 9.86. The lowest BCUT2D eigenvalue weighted by Gasteiger charge is -2.36. The van der Waals surface area contributed by atoms with Gasteiger partial charge in [0.15, 0.2) is 5.78 Å². The van der Waals surface area contributed by atoms with Gasteiger partial charge < -0.3 is 5.73 Å². The first kappa shape index (κ1) is 16.1. The van der Waals surface area contributed by atoms with Crippen LogP contribution in [-0.2, 0) is 10.0 Å². The van der Waals surface area contributed by atoms with Crippen molar-refractivity contribution in [1.82, 2.24) is 4.31 Å². The Bertz CT molecular complexity index is 628. The molecule has 2 atom stereocenters. The topological polar surface area (TPSA) is 80.5 Å². The lowest BCUT2D eigenvalue weighted by atomic mass is 9.96. The molecule has 5 nitrogen and oxygen atoms in total. The van der Waals surface area contributed by atoms with E-state index in [1.807, 2.05) is 6.92 Å². The number of ketones is 1. The summed E-state index contributed by atoms with van der Waals surface area (Å²) in [7, 11) is -3.58. The van der Waals surface area contributed by atoms with E-state index in [0.717, 1.165) is 12.8 Å². The molecule has 0 aliphatic carbocycles. The first-order valence-electron chi connectivity index (χ1n) is 7.19. The van der Waals surface area contributed by atoms with Crippen LogP contribution in [0.2, 0.25) is 0 Å². The maximum absolute atomic E-state index is 12.8. The van der Waals surface area contributed by atoms with Crippen LogP contribution in [0.5, 0.6) is 0 Å². The monoisotopic (exact) mass is 310 g/mol. The van der Waals surface area contributed by atoms with Gasteiger partial charge in [0.05, 0.1) is 4.90 Å². The minimum atomic E-state index is -3.58. The summed E-state index contributed by atoms with van der Waals surface area (Å²) < 4.78 is 27.1. The second kappa shape index (κ2) is 6.25. The first-order valence-corrected chi connectivity index (χ1v) is 8.63. The number of nitrogens with zero attached hydrogens (tertiary/aromatic N) is 1. The smallest absolute Gasteiger partial charge is 0.243 e. The van der Waals surface area contributed by atoms with Crippen LogP contribution in [0.4, 0.5) is 0 Å². The van der Waals surface area contributed by atoms with Crippen molar-refractivity contribution >= 4 is 15.8 Å². The SMILES string of the molecule is CC(=O)c1cccc(S(=O)(=O)N2CC(CN)CCC2C)c1. The fourth-order valence-electron chi connectivity index (χ4n) is 2.68. The van der Waals surface area contributed by atoms with Gasteiger partial charge in [-0.05, 0) is 51.3 Å². The minimum Gasteiger partial charge on any atom is -0.330 e. The Labute approximate surface area is 126 Å². The van der Waals surface area contributed by atoms with Crippen LogP contribution < -0.4 is 5.73 Å². The van der Waals surface area contributed by atoms with Crippen LogP contribution >= 0.6 is 0 Å². The predicted octanol–water partition coefficient (Wildman–Crippen LogP) is 1.64. The van der Waals surface area contributed by atoms with Crippen molar-refractivity contribution in [1.29, 1.82) is 0 Å². The van der Waals surface area contributed by atoms with Gasteiger partial charge in [-0.25, -0.2) is 8.42 Å². The Balaban J connectivity index is 2.36. The van der Waals surface area contributed by atoms with E-state index in [0.29, 0.717) is 18.7 Å². The maximum Gasteiger partial charge on any atom is 0.243 e. The van der Waals surface area contributed by atoms with Crippen molar-refractivity contribution in [2.45, 2.75) is 37.6 Å². The van der Waals surface area contributed by atoms with Gasteiger partial charge in [0, 0.05) is 18.2 Å². The van der Waals surface area contributed by atoms with Crippen molar-refractivity contribution in [3.8, 4) is 0 Å². The molecule has 116 valence electrons. The fourth-order valence-corrected chi connectivity index (χ4v) is 4.47. The molecule has 2 N–H and O–H groups in total. The number of rotatable bonds is 4. The van der Waals surface area contributed by atoms with Crippen LogP contribution in [0.3, 0.4) is 0 Å². The van der Waals surface area contributed by atoms with Gasteiger partial charge in [0.1, 0.15) is 0 Å². The average Bonchev–Trinajstić information content (AvgIpc) is 2.47. The summed E-state index contributed by atoms with van der Waals surface area (Å²) in [4.78, 5) is 11.6. The molecule has 0 amide bonds. The molecule has 1 aromatic carbocycles. The van der Waals surface area contributed by atoms with Crippen molar-refractivity contribution in [2.75, 3.05) is 13.1 Å². The van der Waals surface area contributed by atoms with Crippen molar-refractivity contribution in [3.63, 3.8) is 0 Å². The molecule has 0 radical (unpaired) electrons. The van der Waals surface area contributed by atoms with Gasteiger partial charge in [-0.15, -0.1) is 0 Å². The third-order valence-electron chi connectivity index (χ3n) is 4.10. The Morgan fingerprint density at radius 3 is 2.71 bits per heavy atom. The number of Topliss-reactive ketones (excluding diaryl/α,β-unsaturated/α-hetero) is 1. The quantitative estimate of drug-likeness (QED) is 0.857. The zero-order valence-electron chi connectivity index (χ0n) is 12.5. The summed E-state index contributed by atoms with van der Waals surface area (Å²) in [5.74, 6) is 0.0607. The van der Waals surface area contributed by atoms with Crippen LogP contribution in [0, 0.1) is 5.92 Å².